The number of nitrogens with one attached hydrogen (secondary N) is 1. The van der Waals surface area contributed by atoms with E-state index in [0.717, 1.165) is 29.8 Å². The number of ether oxygens (including phenoxy) is 1. The van der Waals surface area contributed by atoms with Crippen molar-refractivity contribution in [2.75, 3.05) is 19.7 Å². The molecule has 3 rings (SSSR count). The van der Waals surface area contributed by atoms with Gasteiger partial charge >= 0.3 is 6.09 Å². The number of hydrogen-bond donors (Lipinski definition) is 1. The fourth-order valence-corrected chi connectivity index (χ4v) is 3.34. The molecular weight excluding hydrogens is 344 g/mol. The first-order valence-corrected chi connectivity index (χ1v) is 9.33. The zero-order valence-electron chi connectivity index (χ0n) is 16.1. The van der Waals surface area contributed by atoms with Crippen LogP contribution in [-0.2, 0) is 4.74 Å². The van der Waals surface area contributed by atoms with E-state index in [0.29, 0.717) is 25.3 Å². The minimum atomic E-state index is -0.280. The van der Waals surface area contributed by atoms with Gasteiger partial charge in [0, 0.05) is 19.1 Å². The van der Waals surface area contributed by atoms with Gasteiger partial charge in [0.25, 0.3) is 5.91 Å². The summed E-state index contributed by atoms with van der Waals surface area (Å²) in [6.45, 7) is 7.27. The molecule has 1 aliphatic heterocycles. The molecule has 7 heteroatoms. The lowest BCUT2D eigenvalue weighted by molar-refractivity contribution is 0.0859. The van der Waals surface area contributed by atoms with Gasteiger partial charge in [0.15, 0.2) is 0 Å². The van der Waals surface area contributed by atoms with Gasteiger partial charge in [-0.2, -0.15) is 5.10 Å². The van der Waals surface area contributed by atoms with Gasteiger partial charge in [-0.3, -0.25) is 4.79 Å². The second-order valence-corrected chi connectivity index (χ2v) is 6.83. The molecule has 0 bridgehead atoms. The summed E-state index contributed by atoms with van der Waals surface area (Å²) in [5, 5.41) is 7.46. The lowest BCUT2D eigenvalue weighted by Crippen LogP contribution is -2.46. The van der Waals surface area contributed by atoms with Crippen molar-refractivity contribution in [1.82, 2.24) is 20.0 Å². The Kier molecular flexibility index (Phi) is 5.78. The van der Waals surface area contributed by atoms with Crippen LogP contribution in [0.2, 0.25) is 0 Å². The van der Waals surface area contributed by atoms with E-state index in [1.54, 1.807) is 22.7 Å². The minimum absolute atomic E-state index is 0.0462. The predicted octanol–water partition coefficient (Wildman–Crippen LogP) is 2.84. The topological polar surface area (TPSA) is 76.5 Å². The predicted molar refractivity (Wildman–Crippen MR) is 102 cm³/mol. The number of piperidine rings is 1. The van der Waals surface area contributed by atoms with Gasteiger partial charge in [-0.05, 0) is 51.3 Å². The van der Waals surface area contributed by atoms with E-state index in [1.165, 1.54) is 0 Å². The summed E-state index contributed by atoms with van der Waals surface area (Å²) in [5.41, 5.74) is 3.46. The van der Waals surface area contributed by atoms with Gasteiger partial charge in [0.05, 0.1) is 29.7 Å². The number of amides is 2. The molecule has 1 saturated heterocycles. The Morgan fingerprint density at radius 1 is 1.26 bits per heavy atom. The van der Waals surface area contributed by atoms with Gasteiger partial charge < -0.3 is 15.0 Å². The third kappa shape index (κ3) is 4.30. The normalized spacial score (nSPS) is 14.9. The maximum absolute atomic E-state index is 12.7. The van der Waals surface area contributed by atoms with Crippen LogP contribution in [0.5, 0.6) is 0 Å². The van der Waals surface area contributed by atoms with Crippen LogP contribution in [0.4, 0.5) is 4.79 Å². The Hall–Kier alpha value is -2.83. The highest BCUT2D eigenvalue weighted by molar-refractivity contribution is 5.95. The summed E-state index contributed by atoms with van der Waals surface area (Å²) in [5.74, 6) is -0.124. The van der Waals surface area contributed by atoms with Crippen LogP contribution in [0.1, 0.15) is 41.4 Å². The smallest absolute Gasteiger partial charge is 0.409 e. The van der Waals surface area contributed by atoms with E-state index in [4.69, 9.17) is 4.74 Å². The number of aryl methyl sites for hydroxylation is 1. The first-order chi connectivity index (χ1) is 13.0. The summed E-state index contributed by atoms with van der Waals surface area (Å²) >= 11 is 0. The average Bonchev–Trinajstić information content (AvgIpc) is 3.04. The lowest BCUT2D eigenvalue weighted by atomic mass is 10.0. The van der Waals surface area contributed by atoms with E-state index >= 15 is 0 Å². The average molecular weight is 370 g/mol. The summed E-state index contributed by atoms with van der Waals surface area (Å²) in [6.07, 6.45) is 2.77. The van der Waals surface area contributed by atoms with Crippen LogP contribution >= 0.6 is 0 Å². The van der Waals surface area contributed by atoms with E-state index in [2.05, 4.69) is 10.4 Å². The quantitative estimate of drug-likeness (QED) is 0.898. The number of nitrogens with zero attached hydrogens (tertiary/aromatic N) is 3. The van der Waals surface area contributed by atoms with Crippen LogP contribution in [0.25, 0.3) is 5.69 Å². The standard InChI is InChI=1S/C20H26N4O3/c1-4-27-20(26)23-10-8-16(9-11-23)22-19(25)18-13-21-24(15(18)3)17-7-5-6-14(2)12-17/h5-7,12-13,16H,4,8-11H2,1-3H3,(H,22,25). The second kappa shape index (κ2) is 8.24. The molecule has 1 aliphatic rings. The summed E-state index contributed by atoms with van der Waals surface area (Å²) in [7, 11) is 0. The molecule has 0 spiro atoms. The monoisotopic (exact) mass is 370 g/mol. The van der Waals surface area contributed by atoms with Gasteiger partial charge in [-0.1, -0.05) is 12.1 Å². The van der Waals surface area contributed by atoms with Crippen molar-refractivity contribution in [1.29, 1.82) is 0 Å². The van der Waals surface area contributed by atoms with Crippen LogP contribution in [0, 0.1) is 13.8 Å². The number of carbonyl (C=O) groups is 2. The zero-order chi connectivity index (χ0) is 19.4. The molecule has 0 saturated carbocycles. The number of benzene rings is 1. The second-order valence-electron chi connectivity index (χ2n) is 6.83. The van der Waals surface area contributed by atoms with Crippen molar-refractivity contribution in [3.63, 3.8) is 0 Å². The molecule has 0 atom stereocenters. The zero-order valence-corrected chi connectivity index (χ0v) is 16.1. The van der Waals surface area contributed by atoms with E-state index < -0.39 is 0 Å². The molecule has 2 amide bonds. The highest BCUT2D eigenvalue weighted by atomic mass is 16.6. The fraction of sp³-hybridized carbons (Fsp3) is 0.450. The Labute approximate surface area is 159 Å². The maximum atomic E-state index is 12.7. The lowest BCUT2D eigenvalue weighted by Gasteiger charge is -2.31. The molecular formula is C20H26N4O3. The molecule has 2 aromatic rings. The molecule has 0 aliphatic carbocycles. The molecule has 0 unspecified atom stereocenters. The highest BCUT2D eigenvalue weighted by Gasteiger charge is 2.25. The molecule has 27 heavy (non-hydrogen) atoms. The molecule has 1 fully saturated rings. The Morgan fingerprint density at radius 3 is 2.67 bits per heavy atom. The summed E-state index contributed by atoms with van der Waals surface area (Å²) < 4.78 is 6.81. The van der Waals surface area contributed by atoms with Crippen molar-refractivity contribution in [3.05, 3.63) is 47.3 Å². The Balaban J connectivity index is 1.62. The van der Waals surface area contributed by atoms with Gasteiger partial charge in [-0.15, -0.1) is 0 Å². The first kappa shape index (κ1) is 18.9. The van der Waals surface area contributed by atoms with Gasteiger partial charge in [-0.25, -0.2) is 9.48 Å². The molecule has 1 aromatic carbocycles. The molecule has 1 N–H and O–H groups in total. The molecule has 0 radical (unpaired) electrons. The highest BCUT2D eigenvalue weighted by Crippen LogP contribution is 2.17. The van der Waals surface area contributed by atoms with Crippen molar-refractivity contribution in [2.45, 2.75) is 39.7 Å². The van der Waals surface area contributed by atoms with Crippen molar-refractivity contribution < 1.29 is 14.3 Å². The third-order valence-corrected chi connectivity index (χ3v) is 4.86. The van der Waals surface area contributed by atoms with Crippen molar-refractivity contribution in [3.8, 4) is 5.69 Å². The van der Waals surface area contributed by atoms with E-state index in [9.17, 15) is 9.59 Å². The van der Waals surface area contributed by atoms with E-state index in [1.807, 2.05) is 38.1 Å². The summed E-state index contributed by atoms with van der Waals surface area (Å²) in [6, 6.07) is 8.05. The minimum Gasteiger partial charge on any atom is -0.450 e. The van der Waals surface area contributed by atoms with E-state index in [-0.39, 0.29) is 18.0 Å². The number of likely N-dealkylation sites (tertiary alicyclic amines) is 1. The maximum Gasteiger partial charge on any atom is 0.409 e. The molecule has 144 valence electrons. The SMILES string of the molecule is CCOC(=O)N1CCC(NC(=O)c2cnn(-c3cccc(C)c3)c2C)CC1. The van der Waals surface area contributed by atoms with Crippen LogP contribution in [-0.4, -0.2) is 52.4 Å². The first-order valence-electron chi connectivity index (χ1n) is 9.33. The van der Waals surface area contributed by atoms with Gasteiger partial charge in [0.2, 0.25) is 0 Å². The van der Waals surface area contributed by atoms with Gasteiger partial charge in [0.1, 0.15) is 0 Å². The van der Waals surface area contributed by atoms with Crippen molar-refractivity contribution >= 4 is 12.0 Å². The Morgan fingerprint density at radius 2 is 2.00 bits per heavy atom. The fourth-order valence-electron chi connectivity index (χ4n) is 3.34. The number of hydrogen-bond acceptors (Lipinski definition) is 4. The van der Waals surface area contributed by atoms with Crippen LogP contribution < -0.4 is 5.32 Å². The number of carbonyl (C=O) groups excluding carboxylic acids is 2. The summed E-state index contributed by atoms with van der Waals surface area (Å²) in [4.78, 5) is 26.1. The number of aromatic nitrogens is 2. The molecule has 7 nitrogen and oxygen atoms in total. The van der Waals surface area contributed by atoms with Crippen LogP contribution in [0.3, 0.4) is 0 Å². The van der Waals surface area contributed by atoms with Crippen molar-refractivity contribution in [2.24, 2.45) is 0 Å². The number of rotatable bonds is 4. The molecule has 2 heterocycles. The molecule has 1 aromatic heterocycles. The Bertz CT molecular complexity index is 822. The van der Waals surface area contributed by atoms with Crippen LogP contribution in [0.15, 0.2) is 30.5 Å². The third-order valence-electron chi connectivity index (χ3n) is 4.86. The largest absolute Gasteiger partial charge is 0.450 e.